The number of halogens is 1. The van der Waals surface area contributed by atoms with Crippen LogP contribution in [-0.2, 0) is 11.2 Å². The van der Waals surface area contributed by atoms with Crippen molar-refractivity contribution in [3.63, 3.8) is 0 Å². The highest BCUT2D eigenvalue weighted by Gasteiger charge is 2.23. The summed E-state index contributed by atoms with van der Waals surface area (Å²) >= 11 is 0. The summed E-state index contributed by atoms with van der Waals surface area (Å²) in [4.78, 5) is 25.8. The van der Waals surface area contributed by atoms with Crippen LogP contribution >= 0.6 is 0 Å². The monoisotopic (exact) mass is 342 g/mol. The summed E-state index contributed by atoms with van der Waals surface area (Å²) in [6.07, 6.45) is 1.77. The molecule has 2 N–H and O–H groups in total. The van der Waals surface area contributed by atoms with Crippen LogP contribution < -0.4 is 10.2 Å². The number of hydrogen-bond acceptors (Lipinski definition) is 3. The minimum atomic E-state index is -0.634. The molecule has 0 atom stereocenters. The molecule has 0 saturated carbocycles. The highest BCUT2D eigenvalue weighted by molar-refractivity contribution is 6.06. The van der Waals surface area contributed by atoms with E-state index in [1.165, 1.54) is 18.2 Å². The lowest BCUT2D eigenvalue weighted by molar-refractivity contribution is -0.117. The third-order valence-corrected chi connectivity index (χ3v) is 4.19. The van der Waals surface area contributed by atoms with E-state index in [0.717, 1.165) is 12.0 Å². The summed E-state index contributed by atoms with van der Waals surface area (Å²) in [6, 6.07) is 11.1. The Bertz CT molecular complexity index is 790. The molecule has 0 bridgehead atoms. The van der Waals surface area contributed by atoms with Crippen LogP contribution in [0.15, 0.2) is 42.5 Å². The average Bonchev–Trinajstić information content (AvgIpc) is 3.03. The van der Waals surface area contributed by atoms with Crippen molar-refractivity contribution in [2.45, 2.75) is 19.3 Å². The zero-order valence-electron chi connectivity index (χ0n) is 13.7. The van der Waals surface area contributed by atoms with E-state index < -0.39 is 11.7 Å². The van der Waals surface area contributed by atoms with Gasteiger partial charge in [0.15, 0.2) is 0 Å². The molecule has 0 aliphatic carbocycles. The molecular formula is C19H19FN2O3. The van der Waals surface area contributed by atoms with E-state index in [1.54, 1.807) is 29.2 Å². The first-order chi connectivity index (χ1) is 12.1. The standard InChI is InChI=1S/C19H19FN2O3/c20-17-8-7-15(22-10-1-2-18(22)24)12-16(17)19(25)21-14-5-3-13(4-6-14)9-11-23/h3-8,12,23H,1-2,9-11H2,(H,21,25). The van der Waals surface area contributed by atoms with Gasteiger partial charge in [0.1, 0.15) is 5.82 Å². The van der Waals surface area contributed by atoms with Crippen LogP contribution in [-0.4, -0.2) is 30.1 Å². The SMILES string of the molecule is O=C(Nc1ccc(CCO)cc1)c1cc(N2CCCC2=O)ccc1F. The first-order valence-corrected chi connectivity index (χ1v) is 8.19. The molecule has 1 aliphatic rings. The van der Waals surface area contributed by atoms with E-state index >= 15 is 0 Å². The number of benzene rings is 2. The van der Waals surface area contributed by atoms with Gasteiger partial charge in [0.25, 0.3) is 5.91 Å². The first-order valence-electron chi connectivity index (χ1n) is 8.19. The predicted octanol–water partition coefficient (Wildman–Crippen LogP) is 2.74. The molecule has 25 heavy (non-hydrogen) atoms. The van der Waals surface area contributed by atoms with Gasteiger partial charge >= 0.3 is 0 Å². The lowest BCUT2D eigenvalue weighted by Gasteiger charge is -2.17. The van der Waals surface area contributed by atoms with Crippen LogP contribution in [0, 0.1) is 5.82 Å². The summed E-state index contributed by atoms with van der Waals surface area (Å²) in [5.41, 5.74) is 1.92. The van der Waals surface area contributed by atoms with Gasteiger partial charge in [-0.2, -0.15) is 0 Å². The number of aliphatic hydroxyl groups is 1. The summed E-state index contributed by atoms with van der Waals surface area (Å²) < 4.78 is 14.1. The Balaban J connectivity index is 1.78. The second kappa shape index (κ2) is 7.44. The van der Waals surface area contributed by atoms with E-state index in [0.29, 0.717) is 30.8 Å². The first kappa shape index (κ1) is 17.1. The van der Waals surface area contributed by atoms with Gasteiger partial charge in [0.05, 0.1) is 5.56 Å². The minimum Gasteiger partial charge on any atom is -0.396 e. The van der Waals surface area contributed by atoms with Crippen molar-refractivity contribution in [1.82, 2.24) is 0 Å². The molecule has 1 saturated heterocycles. The second-order valence-electron chi connectivity index (χ2n) is 5.94. The van der Waals surface area contributed by atoms with Crippen molar-refractivity contribution in [3.8, 4) is 0 Å². The summed E-state index contributed by atoms with van der Waals surface area (Å²) in [6.45, 7) is 0.636. The van der Waals surface area contributed by atoms with Gasteiger partial charge < -0.3 is 15.3 Å². The smallest absolute Gasteiger partial charge is 0.258 e. The maximum Gasteiger partial charge on any atom is 0.258 e. The highest BCUT2D eigenvalue weighted by Crippen LogP contribution is 2.24. The van der Waals surface area contributed by atoms with Crippen molar-refractivity contribution in [1.29, 1.82) is 0 Å². The van der Waals surface area contributed by atoms with E-state index in [2.05, 4.69) is 5.32 Å². The molecule has 0 spiro atoms. The molecule has 2 aromatic carbocycles. The average molecular weight is 342 g/mol. The third kappa shape index (κ3) is 3.85. The van der Waals surface area contributed by atoms with Crippen molar-refractivity contribution < 1.29 is 19.1 Å². The molecule has 1 aliphatic heterocycles. The molecule has 130 valence electrons. The minimum absolute atomic E-state index is 0.0163. The molecule has 2 amide bonds. The van der Waals surface area contributed by atoms with Gasteiger partial charge in [-0.1, -0.05) is 12.1 Å². The zero-order valence-corrected chi connectivity index (χ0v) is 13.7. The Morgan fingerprint density at radius 1 is 1.20 bits per heavy atom. The Morgan fingerprint density at radius 3 is 2.60 bits per heavy atom. The summed E-state index contributed by atoms with van der Waals surface area (Å²) in [5, 5.41) is 11.6. The van der Waals surface area contributed by atoms with Gasteiger partial charge in [-0.05, 0) is 48.7 Å². The third-order valence-electron chi connectivity index (χ3n) is 4.19. The second-order valence-corrected chi connectivity index (χ2v) is 5.94. The fraction of sp³-hybridized carbons (Fsp3) is 0.263. The number of anilines is 2. The van der Waals surface area contributed by atoms with Gasteiger partial charge in [0.2, 0.25) is 5.91 Å². The molecule has 1 heterocycles. The van der Waals surface area contributed by atoms with Crippen LogP contribution in [0.1, 0.15) is 28.8 Å². The predicted molar refractivity (Wildman–Crippen MR) is 93.2 cm³/mol. The van der Waals surface area contributed by atoms with E-state index in [1.807, 2.05) is 0 Å². The lowest BCUT2D eigenvalue weighted by atomic mass is 10.1. The van der Waals surface area contributed by atoms with Crippen LogP contribution in [0.4, 0.5) is 15.8 Å². The normalized spacial score (nSPS) is 14.0. The Hall–Kier alpha value is -2.73. The van der Waals surface area contributed by atoms with Gasteiger partial charge in [-0.25, -0.2) is 4.39 Å². The number of aliphatic hydroxyl groups excluding tert-OH is 1. The van der Waals surface area contributed by atoms with Gasteiger partial charge in [-0.3, -0.25) is 9.59 Å². The van der Waals surface area contributed by atoms with E-state index in [-0.39, 0.29) is 18.1 Å². The van der Waals surface area contributed by atoms with Crippen LogP contribution in [0.5, 0.6) is 0 Å². The number of amides is 2. The number of nitrogens with one attached hydrogen (secondary N) is 1. The lowest BCUT2D eigenvalue weighted by Crippen LogP contribution is -2.24. The Morgan fingerprint density at radius 2 is 1.96 bits per heavy atom. The number of hydrogen-bond donors (Lipinski definition) is 2. The number of carbonyl (C=O) groups excluding carboxylic acids is 2. The quantitative estimate of drug-likeness (QED) is 0.878. The fourth-order valence-corrected chi connectivity index (χ4v) is 2.86. The Kier molecular flexibility index (Phi) is 5.09. The molecule has 1 fully saturated rings. The number of carbonyl (C=O) groups is 2. The molecular weight excluding hydrogens is 323 g/mol. The summed E-state index contributed by atoms with van der Waals surface area (Å²) in [5.74, 6) is -1.22. The number of nitrogens with zero attached hydrogens (tertiary/aromatic N) is 1. The molecule has 0 radical (unpaired) electrons. The molecule has 0 unspecified atom stereocenters. The van der Waals surface area contributed by atoms with Gasteiger partial charge in [0, 0.05) is 30.9 Å². The van der Waals surface area contributed by atoms with Gasteiger partial charge in [-0.15, -0.1) is 0 Å². The molecule has 3 rings (SSSR count). The summed E-state index contributed by atoms with van der Waals surface area (Å²) in [7, 11) is 0. The molecule has 2 aromatic rings. The van der Waals surface area contributed by atoms with Crippen LogP contribution in [0.2, 0.25) is 0 Å². The largest absolute Gasteiger partial charge is 0.396 e. The van der Waals surface area contributed by atoms with Crippen molar-refractivity contribution in [3.05, 3.63) is 59.4 Å². The van der Waals surface area contributed by atoms with E-state index in [9.17, 15) is 14.0 Å². The fourth-order valence-electron chi connectivity index (χ4n) is 2.86. The molecule has 0 aromatic heterocycles. The maximum absolute atomic E-state index is 14.1. The number of rotatable bonds is 5. The van der Waals surface area contributed by atoms with Crippen LogP contribution in [0.3, 0.4) is 0 Å². The highest BCUT2D eigenvalue weighted by atomic mass is 19.1. The zero-order chi connectivity index (χ0) is 17.8. The van der Waals surface area contributed by atoms with Crippen molar-refractivity contribution in [2.24, 2.45) is 0 Å². The topological polar surface area (TPSA) is 69.6 Å². The van der Waals surface area contributed by atoms with E-state index in [4.69, 9.17) is 5.11 Å². The van der Waals surface area contributed by atoms with Crippen LogP contribution in [0.25, 0.3) is 0 Å². The maximum atomic E-state index is 14.1. The molecule has 6 heteroatoms. The van der Waals surface area contributed by atoms with Crippen molar-refractivity contribution in [2.75, 3.05) is 23.4 Å². The molecule has 5 nitrogen and oxygen atoms in total. The Labute approximate surface area is 145 Å². The van der Waals surface area contributed by atoms with Crippen molar-refractivity contribution >= 4 is 23.2 Å².